The van der Waals surface area contributed by atoms with E-state index in [2.05, 4.69) is 20.5 Å². The van der Waals surface area contributed by atoms with Crippen LogP contribution in [0.15, 0.2) is 0 Å². The van der Waals surface area contributed by atoms with Crippen LogP contribution in [0.3, 0.4) is 0 Å². The first kappa shape index (κ1) is 18.4. The Kier molecular flexibility index (Phi) is 4.29. The Bertz CT molecular complexity index is 777. The van der Waals surface area contributed by atoms with Gasteiger partial charge in [0.25, 0.3) is 5.91 Å². The van der Waals surface area contributed by atoms with Crippen LogP contribution in [0.1, 0.15) is 25.7 Å². The zero-order valence-corrected chi connectivity index (χ0v) is 15.2. The molecule has 0 radical (unpaired) electrons. The van der Waals surface area contributed by atoms with Crippen LogP contribution in [-0.2, 0) is 24.3 Å². The maximum Gasteiger partial charge on any atom is 0.418 e. The van der Waals surface area contributed by atoms with E-state index in [0.717, 1.165) is 6.54 Å². The number of urea groups is 1. The third kappa shape index (κ3) is 3.35. The Labute approximate surface area is 155 Å². The summed E-state index contributed by atoms with van der Waals surface area (Å²) in [5.74, 6) is -1.06. The predicted octanol–water partition coefficient (Wildman–Crippen LogP) is -1.86. The standard InChI is InChI=1S/C14H21N5O7S/c20-11(8-1-4-15-6-8)16-17-12(21)9-5-14(2-3-14)10-7-18(9)13(22)19(10)26-27(23,24)25/h8-10,15H,1-7H2,(H,16,20)(H,17,21)(H,23,24,25)/t8?,9-,10-/m0/s1. The summed E-state index contributed by atoms with van der Waals surface area (Å²) in [5, 5.41) is 3.71. The lowest BCUT2D eigenvalue weighted by Crippen LogP contribution is -2.56. The third-order valence-electron chi connectivity index (χ3n) is 5.88. The fourth-order valence-electron chi connectivity index (χ4n) is 4.24. The Morgan fingerprint density at radius 1 is 1.26 bits per heavy atom. The Hall–Kier alpha value is -1.96. The maximum absolute atomic E-state index is 12.6. The van der Waals surface area contributed by atoms with Crippen LogP contribution in [0.25, 0.3) is 0 Å². The number of carbonyl (C=O) groups excluding carboxylic acids is 3. The van der Waals surface area contributed by atoms with Gasteiger partial charge < -0.3 is 10.2 Å². The van der Waals surface area contributed by atoms with Gasteiger partial charge in [0.15, 0.2) is 0 Å². The lowest BCUT2D eigenvalue weighted by molar-refractivity contribution is -0.134. The fourth-order valence-corrected chi connectivity index (χ4v) is 4.61. The predicted molar refractivity (Wildman–Crippen MR) is 87.7 cm³/mol. The number of nitrogens with one attached hydrogen (secondary N) is 3. The summed E-state index contributed by atoms with van der Waals surface area (Å²) in [6.45, 7) is 1.40. The van der Waals surface area contributed by atoms with E-state index in [0.29, 0.717) is 37.3 Å². The van der Waals surface area contributed by atoms with Crippen molar-refractivity contribution in [2.24, 2.45) is 11.3 Å². The van der Waals surface area contributed by atoms with Gasteiger partial charge >= 0.3 is 16.4 Å². The number of fused-ring (bicyclic) bond motifs is 3. The highest BCUT2D eigenvalue weighted by molar-refractivity contribution is 7.80. The SMILES string of the molecule is O=C(NNC(=O)[C@@H]1CC2(CC2)[C@@H]2CN1C(=O)N2OS(=O)(=O)O)C1CCNC1. The third-order valence-corrected chi connectivity index (χ3v) is 6.23. The smallest absolute Gasteiger partial charge is 0.316 e. The van der Waals surface area contributed by atoms with Gasteiger partial charge in [-0.1, -0.05) is 0 Å². The molecule has 1 aliphatic carbocycles. The van der Waals surface area contributed by atoms with Gasteiger partial charge in [-0.05, 0) is 37.6 Å². The van der Waals surface area contributed by atoms with E-state index in [1.807, 2.05) is 0 Å². The van der Waals surface area contributed by atoms with E-state index in [9.17, 15) is 22.8 Å². The number of hydroxylamine groups is 2. The monoisotopic (exact) mass is 403 g/mol. The molecule has 150 valence electrons. The first-order valence-electron chi connectivity index (χ1n) is 8.77. The molecule has 4 aliphatic rings. The van der Waals surface area contributed by atoms with Crippen molar-refractivity contribution in [3.05, 3.63) is 0 Å². The second-order valence-electron chi connectivity index (χ2n) is 7.53. The summed E-state index contributed by atoms with van der Waals surface area (Å²) >= 11 is 0. The van der Waals surface area contributed by atoms with Gasteiger partial charge in [-0.2, -0.15) is 13.5 Å². The Morgan fingerprint density at radius 2 is 1.96 bits per heavy atom. The van der Waals surface area contributed by atoms with E-state index in [4.69, 9.17) is 4.55 Å². The Morgan fingerprint density at radius 3 is 2.56 bits per heavy atom. The molecule has 3 aliphatic heterocycles. The van der Waals surface area contributed by atoms with Gasteiger partial charge in [0.1, 0.15) is 6.04 Å². The number of carbonyl (C=O) groups is 3. The molecular formula is C14H21N5O7S. The van der Waals surface area contributed by atoms with Crippen molar-refractivity contribution in [3.8, 4) is 0 Å². The topological polar surface area (TPSA) is 157 Å². The lowest BCUT2D eigenvalue weighted by atomic mass is 9.85. The van der Waals surface area contributed by atoms with Gasteiger partial charge in [0.2, 0.25) is 5.91 Å². The first-order chi connectivity index (χ1) is 12.7. The molecule has 13 heteroatoms. The highest BCUT2D eigenvalue weighted by atomic mass is 32.3. The molecule has 3 atom stereocenters. The highest BCUT2D eigenvalue weighted by Gasteiger charge is 2.65. The van der Waals surface area contributed by atoms with Gasteiger partial charge in [-0.15, -0.1) is 4.28 Å². The second-order valence-corrected chi connectivity index (χ2v) is 8.53. The quantitative estimate of drug-likeness (QED) is 0.314. The summed E-state index contributed by atoms with van der Waals surface area (Å²) in [4.78, 5) is 38.4. The number of piperidine rings is 1. The van der Waals surface area contributed by atoms with Gasteiger partial charge in [-0.25, -0.2) is 4.79 Å². The van der Waals surface area contributed by atoms with Crippen molar-refractivity contribution >= 4 is 28.2 Å². The summed E-state index contributed by atoms with van der Waals surface area (Å²) in [6.07, 6.45) is 2.45. The van der Waals surface area contributed by atoms with E-state index >= 15 is 0 Å². The molecular weight excluding hydrogens is 382 g/mol. The van der Waals surface area contributed by atoms with Gasteiger partial charge in [0.05, 0.1) is 12.0 Å². The summed E-state index contributed by atoms with van der Waals surface area (Å²) in [5.41, 5.74) is 4.35. The zero-order valence-electron chi connectivity index (χ0n) is 14.4. The van der Waals surface area contributed by atoms with Crippen LogP contribution >= 0.6 is 0 Å². The lowest BCUT2D eigenvalue weighted by Gasteiger charge is -2.35. The summed E-state index contributed by atoms with van der Waals surface area (Å²) < 4.78 is 35.5. The van der Waals surface area contributed by atoms with Crippen LogP contribution in [0.4, 0.5) is 4.79 Å². The minimum atomic E-state index is -4.86. The molecule has 0 aromatic rings. The van der Waals surface area contributed by atoms with Crippen LogP contribution in [0.5, 0.6) is 0 Å². The summed E-state index contributed by atoms with van der Waals surface area (Å²) in [6, 6.07) is -2.20. The van der Waals surface area contributed by atoms with Crippen molar-refractivity contribution in [3.63, 3.8) is 0 Å². The number of amides is 4. The van der Waals surface area contributed by atoms with Crippen molar-refractivity contribution in [1.82, 2.24) is 26.1 Å². The van der Waals surface area contributed by atoms with Crippen LogP contribution < -0.4 is 16.2 Å². The largest absolute Gasteiger partial charge is 0.418 e. The average molecular weight is 403 g/mol. The first-order valence-corrected chi connectivity index (χ1v) is 10.1. The number of hydrogen-bond acceptors (Lipinski definition) is 7. The van der Waals surface area contributed by atoms with E-state index in [1.54, 1.807) is 0 Å². The van der Waals surface area contributed by atoms with Crippen LogP contribution in [0, 0.1) is 11.3 Å². The number of hydrogen-bond donors (Lipinski definition) is 4. The van der Waals surface area contributed by atoms with E-state index in [1.165, 1.54) is 4.90 Å². The van der Waals surface area contributed by atoms with Crippen LogP contribution in [0.2, 0.25) is 0 Å². The molecule has 3 saturated heterocycles. The number of rotatable bonds is 4. The second kappa shape index (κ2) is 6.29. The highest BCUT2D eigenvalue weighted by Crippen LogP contribution is 2.59. The molecule has 0 aromatic heterocycles. The number of hydrazine groups is 1. The van der Waals surface area contributed by atoms with Crippen molar-refractivity contribution in [1.29, 1.82) is 0 Å². The van der Waals surface area contributed by atoms with Gasteiger partial charge in [0, 0.05) is 13.1 Å². The molecule has 3 heterocycles. The normalized spacial score (nSPS) is 31.3. The van der Waals surface area contributed by atoms with Crippen molar-refractivity contribution in [2.75, 3.05) is 19.6 Å². The molecule has 12 nitrogen and oxygen atoms in total. The fraction of sp³-hybridized carbons (Fsp3) is 0.786. The molecule has 4 fully saturated rings. The van der Waals surface area contributed by atoms with E-state index in [-0.39, 0.29) is 18.4 Å². The van der Waals surface area contributed by atoms with Crippen molar-refractivity contribution < 1.29 is 31.6 Å². The molecule has 0 aromatic carbocycles. The zero-order chi connectivity index (χ0) is 19.4. The van der Waals surface area contributed by atoms with E-state index < -0.39 is 39.8 Å². The minimum absolute atomic E-state index is 0.118. The number of nitrogens with zero attached hydrogens (tertiary/aromatic N) is 2. The molecule has 27 heavy (non-hydrogen) atoms. The minimum Gasteiger partial charge on any atom is -0.316 e. The van der Waals surface area contributed by atoms with Crippen molar-refractivity contribution in [2.45, 2.75) is 37.8 Å². The Balaban J connectivity index is 1.44. The molecule has 1 spiro atoms. The van der Waals surface area contributed by atoms with Gasteiger partial charge in [-0.3, -0.25) is 25.0 Å². The molecule has 4 rings (SSSR count). The molecule has 1 saturated carbocycles. The molecule has 1 unspecified atom stereocenters. The maximum atomic E-state index is 12.6. The average Bonchev–Trinajstić information content (AvgIpc) is 3.05. The molecule has 2 bridgehead atoms. The molecule has 4 N–H and O–H groups in total. The molecule has 4 amide bonds. The summed E-state index contributed by atoms with van der Waals surface area (Å²) in [7, 11) is -4.86. The van der Waals surface area contributed by atoms with Crippen LogP contribution in [-0.4, -0.2) is 72.5 Å².